The molecule has 1 aliphatic heterocycles. The number of hydrogen-bond donors (Lipinski definition) is 3. The van der Waals surface area contributed by atoms with Gasteiger partial charge in [0, 0.05) is 45.3 Å². The Balaban J connectivity index is 0.000000631. The molecule has 2 aromatic rings. The van der Waals surface area contributed by atoms with Crippen LogP contribution in [0.5, 0.6) is 0 Å². The van der Waals surface area contributed by atoms with Gasteiger partial charge in [0.1, 0.15) is 0 Å². The normalized spacial score (nSPS) is 13.1. The van der Waals surface area contributed by atoms with Gasteiger partial charge in [0.25, 0.3) is 0 Å². The molecule has 3 heterocycles. The maximum atomic E-state index is 10.6. The van der Waals surface area contributed by atoms with Crippen LogP contribution in [0.15, 0.2) is 36.8 Å². The molecule has 0 fully saturated rings. The molecular formula is C22H22F9N3O7. The maximum absolute atomic E-state index is 10.6. The minimum atomic E-state index is -5.08. The molecule has 0 bridgehead atoms. The van der Waals surface area contributed by atoms with Crippen LogP contribution in [-0.4, -0.2) is 80.3 Å². The Morgan fingerprint density at radius 3 is 1.76 bits per heavy atom. The summed E-state index contributed by atoms with van der Waals surface area (Å²) in [6.07, 6.45) is -8.43. The predicted octanol–water partition coefficient (Wildman–Crippen LogP) is 4.08. The Morgan fingerprint density at radius 1 is 0.878 bits per heavy atom. The lowest BCUT2D eigenvalue weighted by atomic mass is 9.97. The Labute approximate surface area is 225 Å². The van der Waals surface area contributed by atoms with E-state index in [1.54, 1.807) is 7.11 Å². The van der Waals surface area contributed by atoms with Crippen molar-refractivity contribution in [1.29, 1.82) is 0 Å². The summed E-state index contributed by atoms with van der Waals surface area (Å²) in [7, 11) is 1.73. The third kappa shape index (κ3) is 15.4. The van der Waals surface area contributed by atoms with Crippen LogP contribution in [0.25, 0.3) is 0 Å². The average molecular weight is 611 g/mol. The number of ether oxygens (including phenoxy) is 1. The number of alkyl halides is 9. The fourth-order valence-corrected chi connectivity index (χ4v) is 2.76. The summed E-state index contributed by atoms with van der Waals surface area (Å²) in [5, 5.41) is 21.4. The van der Waals surface area contributed by atoms with Gasteiger partial charge in [-0.15, -0.1) is 0 Å². The molecule has 0 unspecified atom stereocenters. The summed E-state index contributed by atoms with van der Waals surface area (Å²) >= 11 is 0. The van der Waals surface area contributed by atoms with Crippen LogP contribution >= 0.6 is 0 Å². The van der Waals surface area contributed by atoms with Crippen molar-refractivity contribution in [2.75, 3.05) is 13.7 Å². The highest BCUT2D eigenvalue weighted by Gasteiger charge is 2.39. The Bertz CT molecular complexity index is 1070. The number of nitrogens with zero attached hydrogens (tertiary/aromatic N) is 3. The smallest absolute Gasteiger partial charge is 0.475 e. The number of pyridine rings is 2. The van der Waals surface area contributed by atoms with Gasteiger partial charge in [-0.2, -0.15) is 39.5 Å². The number of carboxylic acid groups (broad SMARTS) is 3. The summed E-state index contributed by atoms with van der Waals surface area (Å²) in [6, 6.07) is 6.07. The van der Waals surface area contributed by atoms with E-state index in [-0.39, 0.29) is 0 Å². The largest absolute Gasteiger partial charge is 0.490 e. The molecule has 3 rings (SSSR count). The number of methoxy groups -OCH3 is 1. The van der Waals surface area contributed by atoms with E-state index in [9.17, 15) is 39.5 Å². The van der Waals surface area contributed by atoms with Crippen LogP contribution in [0.2, 0.25) is 0 Å². The van der Waals surface area contributed by atoms with E-state index in [1.807, 2.05) is 30.7 Å². The maximum Gasteiger partial charge on any atom is 0.490 e. The lowest BCUT2D eigenvalue weighted by molar-refractivity contribution is -0.193. The molecule has 0 aliphatic carbocycles. The zero-order valence-electron chi connectivity index (χ0n) is 20.7. The molecule has 1 aliphatic rings. The third-order valence-corrected chi connectivity index (χ3v) is 4.45. The Morgan fingerprint density at radius 2 is 1.37 bits per heavy atom. The first-order chi connectivity index (χ1) is 18.7. The van der Waals surface area contributed by atoms with E-state index < -0.39 is 36.4 Å². The van der Waals surface area contributed by atoms with Gasteiger partial charge < -0.3 is 20.1 Å². The zero-order chi connectivity index (χ0) is 32.0. The molecule has 10 nitrogen and oxygen atoms in total. The molecule has 3 N–H and O–H groups in total. The van der Waals surface area contributed by atoms with Crippen molar-refractivity contribution in [3.8, 4) is 0 Å². The molecule has 230 valence electrons. The van der Waals surface area contributed by atoms with Crippen LogP contribution in [0, 0.1) is 0 Å². The topological polar surface area (TPSA) is 150 Å². The van der Waals surface area contributed by atoms with Crippen molar-refractivity contribution in [3.63, 3.8) is 0 Å². The van der Waals surface area contributed by atoms with E-state index in [4.69, 9.17) is 34.4 Å². The van der Waals surface area contributed by atoms with Gasteiger partial charge in [-0.25, -0.2) is 14.4 Å². The van der Waals surface area contributed by atoms with Crippen molar-refractivity contribution in [2.45, 2.75) is 44.6 Å². The number of hydrogen-bond acceptors (Lipinski definition) is 7. The first kappa shape index (κ1) is 37.0. The third-order valence-electron chi connectivity index (χ3n) is 4.45. The minimum Gasteiger partial charge on any atom is -0.475 e. The van der Waals surface area contributed by atoms with Crippen molar-refractivity contribution in [3.05, 3.63) is 59.2 Å². The molecule has 0 spiro atoms. The number of aliphatic carboxylic acids is 3. The van der Waals surface area contributed by atoms with Crippen LogP contribution in [0.4, 0.5) is 39.5 Å². The van der Waals surface area contributed by atoms with Crippen molar-refractivity contribution < 1.29 is 74.0 Å². The molecule has 0 saturated carbocycles. The second kappa shape index (κ2) is 16.3. The standard InChI is InChI=1S/C16H19N3O.3C2HF3O2/c1-20-12-14-9-17-8-13-10-19(7-5-16(13)14)11-15-4-2-3-6-18-15;3*3-2(4,5)1(6)7/h2-4,6,8-9H,5,7,10-12H2,1H3;3*(H,6,7). The molecule has 2 aromatic heterocycles. The summed E-state index contributed by atoms with van der Waals surface area (Å²) in [5.74, 6) is -8.27. The molecule has 41 heavy (non-hydrogen) atoms. The number of carboxylic acids is 3. The zero-order valence-corrected chi connectivity index (χ0v) is 20.7. The van der Waals surface area contributed by atoms with Crippen LogP contribution in [-0.2, 0) is 45.2 Å². The number of fused-ring (bicyclic) bond motifs is 1. The van der Waals surface area contributed by atoms with Gasteiger partial charge in [-0.05, 0) is 35.2 Å². The van der Waals surface area contributed by atoms with Crippen molar-refractivity contribution in [1.82, 2.24) is 14.9 Å². The van der Waals surface area contributed by atoms with Crippen LogP contribution < -0.4 is 0 Å². The van der Waals surface area contributed by atoms with Gasteiger partial charge >= 0.3 is 36.4 Å². The second-order valence-corrected chi connectivity index (χ2v) is 7.56. The van der Waals surface area contributed by atoms with Gasteiger partial charge in [-0.3, -0.25) is 14.9 Å². The monoisotopic (exact) mass is 611 g/mol. The SMILES string of the molecule is COCc1cncc2c1CCN(Cc1ccccn1)C2.O=C(O)C(F)(F)F.O=C(O)C(F)(F)F.O=C(O)C(F)(F)F. The number of halogens is 9. The first-order valence-corrected chi connectivity index (χ1v) is 10.7. The predicted molar refractivity (Wildman–Crippen MR) is 118 cm³/mol. The molecule has 0 atom stereocenters. The number of rotatable bonds is 4. The van der Waals surface area contributed by atoms with E-state index in [0.717, 1.165) is 31.7 Å². The highest BCUT2D eigenvalue weighted by molar-refractivity contribution is 5.73. The number of carbonyl (C=O) groups is 3. The van der Waals surface area contributed by atoms with Crippen LogP contribution in [0.3, 0.4) is 0 Å². The second-order valence-electron chi connectivity index (χ2n) is 7.56. The molecule has 0 radical (unpaired) electrons. The quantitative estimate of drug-likeness (QED) is 0.432. The Kier molecular flexibility index (Phi) is 14.7. The Hall–Kier alpha value is -4.00. The summed E-state index contributed by atoms with van der Waals surface area (Å²) in [5.41, 5.74) is 5.08. The molecule has 0 saturated heterocycles. The summed E-state index contributed by atoms with van der Waals surface area (Å²) in [6.45, 7) is 3.55. The van der Waals surface area contributed by atoms with E-state index in [1.165, 1.54) is 16.7 Å². The van der Waals surface area contributed by atoms with E-state index in [0.29, 0.717) is 6.61 Å². The summed E-state index contributed by atoms with van der Waals surface area (Å²) < 4.78 is 100. The molecule has 0 aromatic carbocycles. The lowest BCUT2D eigenvalue weighted by Crippen LogP contribution is -2.31. The van der Waals surface area contributed by atoms with Crippen molar-refractivity contribution >= 4 is 17.9 Å². The molecule has 0 amide bonds. The van der Waals surface area contributed by atoms with Gasteiger partial charge in [-0.1, -0.05) is 6.07 Å². The first-order valence-electron chi connectivity index (χ1n) is 10.7. The van der Waals surface area contributed by atoms with Gasteiger partial charge in [0.15, 0.2) is 0 Å². The fraction of sp³-hybridized carbons (Fsp3) is 0.409. The molecule has 19 heteroatoms. The highest BCUT2D eigenvalue weighted by Crippen LogP contribution is 2.23. The summed E-state index contributed by atoms with van der Waals surface area (Å²) in [4.78, 5) is 37.8. The fourth-order valence-electron chi connectivity index (χ4n) is 2.76. The molecular weight excluding hydrogens is 589 g/mol. The minimum absolute atomic E-state index is 0.649. The van der Waals surface area contributed by atoms with Crippen molar-refractivity contribution in [2.24, 2.45) is 0 Å². The van der Waals surface area contributed by atoms with Gasteiger partial charge in [0.05, 0.1) is 12.3 Å². The number of aromatic nitrogens is 2. The van der Waals surface area contributed by atoms with E-state index in [2.05, 4.69) is 20.9 Å². The van der Waals surface area contributed by atoms with Crippen LogP contribution in [0.1, 0.15) is 22.4 Å². The average Bonchev–Trinajstić information content (AvgIpc) is 2.84. The van der Waals surface area contributed by atoms with E-state index >= 15 is 0 Å². The highest BCUT2D eigenvalue weighted by atomic mass is 19.4. The van der Waals surface area contributed by atoms with Gasteiger partial charge in [0.2, 0.25) is 0 Å². The lowest BCUT2D eigenvalue weighted by Gasteiger charge is -2.29.